The van der Waals surface area contributed by atoms with Crippen LogP contribution in [0.2, 0.25) is 0 Å². The first-order valence-corrected chi connectivity index (χ1v) is 8.99. The van der Waals surface area contributed by atoms with Crippen LogP contribution < -0.4 is 0 Å². The van der Waals surface area contributed by atoms with Gasteiger partial charge in [-0.25, -0.2) is 0 Å². The average Bonchev–Trinajstić information content (AvgIpc) is 2.64. The summed E-state index contributed by atoms with van der Waals surface area (Å²) in [6.45, 7) is 4.81. The van der Waals surface area contributed by atoms with Crippen LogP contribution in [0.15, 0.2) is 30.3 Å². The van der Waals surface area contributed by atoms with Gasteiger partial charge in [0, 0.05) is 0 Å². The highest BCUT2D eigenvalue weighted by Gasteiger charge is 2.37. The predicted octanol–water partition coefficient (Wildman–Crippen LogP) is 4.13. The molecule has 1 aromatic rings. The maximum atomic E-state index is 12.5. The molecule has 1 aliphatic rings. The molecule has 1 fully saturated rings. The van der Waals surface area contributed by atoms with Crippen LogP contribution in [-0.2, 0) is 25.7 Å². The molecule has 3 atom stereocenters. The van der Waals surface area contributed by atoms with Crippen molar-refractivity contribution < 1.29 is 19.1 Å². The largest absolute Gasteiger partial charge is 0.465 e. The Morgan fingerprint density at radius 1 is 1.04 bits per heavy atom. The van der Waals surface area contributed by atoms with Crippen molar-refractivity contribution in [1.82, 2.24) is 0 Å². The van der Waals surface area contributed by atoms with Gasteiger partial charge in [0.05, 0.1) is 18.4 Å². The molecule has 1 saturated carbocycles. The molecule has 0 radical (unpaired) electrons. The van der Waals surface area contributed by atoms with Crippen molar-refractivity contribution in [3.05, 3.63) is 35.9 Å². The molecule has 0 aromatic heterocycles. The smallest absolute Gasteiger partial charge is 0.310 e. The van der Waals surface area contributed by atoms with Gasteiger partial charge in [0.2, 0.25) is 0 Å². The fourth-order valence-corrected chi connectivity index (χ4v) is 2.98. The fraction of sp³-hybridized carbons (Fsp3) is 0.600. The summed E-state index contributed by atoms with van der Waals surface area (Å²) >= 11 is 0. The lowest BCUT2D eigenvalue weighted by Gasteiger charge is -2.28. The maximum Gasteiger partial charge on any atom is 0.310 e. The van der Waals surface area contributed by atoms with E-state index in [1.54, 1.807) is 0 Å². The summed E-state index contributed by atoms with van der Waals surface area (Å²) in [6.07, 6.45) is 4.31. The van der Waals surface area contributed by atoms with E-state index in [2.05, 4.69) is 13.8 Å². The third-order valence-corrected chi connectivity index (χ3v) is 4.80. The highest BCUT2D eigenvalue weighted by atomic mass is 16.5. The summed E-state index contributed by atoms with van der Waals surface area (Å²) in [6, 6.07) is 9.60. The predicted molar refractivity (Wildman–Crippen MR) is 92.1 cm³/mol. The highest BCUT2D eigenvalue weighted by Crippen LogP contribution is 2.32. The Labute approximate surface area is 144 Å². The third kappa shape index (κ3) is 5.36. The van der Waals surface area contributed by atoms with Gasteiger partial charge in [-0.05, 0) is 24.3 Å². The van der Waals surface area contributed by atoms with Crippen molar-refractivity contribution in [2.75, 3.05) is 6.61 Å². The first-order chi connectivity index (χ1) is 11.6. The number of hydrogen-bond acceptors (Lipinski definition) is 4. The number of rotatable bonds is 7. The van der Waals surface area contributed by atoms with Crippen molar-refractivity contribution in [2.45, 2.75) is 52.6 Å². The van der Waals surface area contributed by atoms with E-state index >= 15 is 0 Å². The Kier molecular flexibility index (Phi) is 7.29. The molecule has 1 aromatic carbocycles. The summed E-state index contributed by atoms with van der Waals surface area (Å²) in [5.74, 6) is -0.889. The van der Waals surface area contributed by atoms with Crippen LogP contribution in [0, 0.1) is 17.8 Å². The van der Waals surface area contributed by atoms with Crippen LogP contribution in [0.4, 0.5) is 0 Å². The Morgan fingerprint density at radius 2 is 1.62 bits per heavy atom. The second kappa shape index (κ2) is 9.45. The van der Waals surface area contributed by atoms with E-state index in [4.69, 9.17) is 9.47 Å². The number of carbonyl (C=O) groups excluding carboxylic acids is 2. The van der Waals surface area contributed by atoms with Gasteiger partial charge in [0.15, 0.2) is 0 Å². The van der Waals surface area contributed by atoms with Crippen LogP contribution in [0.3, 0.4) is 0 Å². The first kappa shape index (κ1) is 18.5. The lowest BCUT2D eigenvalue weighted by molar-refractivity contribution is -0.164. The van der Waals surface area contributed by atoms with Gasteiger partial charge in [0.25, 0.3) is 0 Å². The summed E-state index contributed by atoms with van der Waals surface area (Å²) in [5, 5.41) is 0. The van der Waals surface area contributed by atoms with E-state index in [0.717, 1.165) is 24.8 Å². The molecular weight excluding hydrogens is 304 g/mol. The van der Waals surface area contributed by atoms with Crippen LogP contribution in [0.25, 0.3) is 0 Å². The number of benzene rings is 1. The fourth-order valence-electron chi connectivity index (χ4n) is 2.98. The van der Waals surface area contributed by atoms with E-state index in [1.165, 1.54) is 0 Å². The van der Waals surface area contributed by atoms with E-state index in [-0.39, 0.29) is 30.4 Å². The molecule has 4 nitrogen and oxygen atoms in total. The molecule has 0 aliphatic heterocycles. The van der Waals surface area contributed by atoms with E-state index in [0.29, 0.717) is 25.4 Å². The van der Waals surface area contributed by atoms with Crippen molar-refractivity contribution in [3.8, 4) is 0 Å². The van der Waals surface area contributed by atoms with Gasteiger partial charge >= 0.3 is 11.9 Å². The van der Waals surface area contributed by atoms with Crippen LogP contribution >= 0.6 is 0 Å². The minimum atomic E-state index is -0.369. The van der Waals surface area contributed by atoms with Crippen LogP contribution in [0.5, 0.6) is 0 Å². The van der Waals surface area contributed by atoms with E-state index in [1.807, 2.05) is 30.3 Å². The van der Waals surface area contributed by atoms with Gasteiger partial charge in [-0.1, -0.05) is 63.4 Å². The monoisotopic (exact) mass is 332 g/mol. The van der Waals surface area contributed by atoms with E-state index in [9.17, 15) is 9.59 Å². The first-order valence-electron chi connectivity index (χ1n) is 8.99. The number of ether oxygens (including phenoxy) is 2. The van der Waals surface area contributed by atoms with Gasteiger partial charge in [0.1, 0.15) is 6.61 Å². The Balaban J connectivity index is 1.90. The molecule has 3 unspecified atom stereocenters. The zero-order valence-electron chi connectivity index (χ0n) is 14.7. The number of esters is 2. The summed E-state index contributed by atoms with van der Waals surface area (Å²) in [7, 11) is 0. The van der Waals surface area contributed by atoms with Gasteiger partial charge in [-0.3, -0.25) is 9.59 Å². The van der Waals surface area contributed by atoms with E-state index < -0.39 is 0 Å². The SMILES string of the molecule is CCC(C)COC(=O)C1CCCCC1C(=O)OCc1ccccc1. The molecule has 0 amide bonds. The molecule has 0 saturated heterocycles. The normalized spacial score (nSPS) is 21.8. The lowest BCUT2D eigenvalue weighted by atomic mass is 9.79. The van der Waals surface area contributed by atoms with Crippen molar-refractivity contribution in [3.63, 3.8) is 0 Å². The molecule has 132 valence electrons. The molecule has 24 heavy (non-hydrogen) atoms. The van der Waals surface area contributed by atoms with Gasteiger partial charge < -0.3 is 9.47 Å². The summed E-state index contributed by atoms with van der Waals surface area (Å²) in [4.78, 5) is 24.8. The van der Waals surface area contributed by atoms with Crippen LogP contribution in [0.1, 0.15) is 51.5 Å². The molecule has 0 spiro atoms. The molecule has 0 bridgehead atoms. The zero-order chi connectivity index (χ0) is 17.4. The molecule has 0 N–H and O–H groups in total. The number of hydrogen-bond donors (Lipinski definition) is 0. The average molecular weight is 332 g/mol. The quantitative estimate of drug-likeness (QED) is 0.705. The molecular formula is C20H28O4. The topological polar surface area (TPSA) is 52.6 Å². The number of carbonyl (C=O) groups is 2. The highest BCUT2D eigenvalue weighted by molar-refractivity contribution is 5.82. The Morgan fingerprint density at radius 3 is 2.21 bits per heavy atom. The molecule has 0 heterocycles. The van der Waals surface area contributed by atoms with Gasteiger partial charge in [-0.2, -0.15) is 0 Å². The van der Waals surface area contributed by atoms with Crippen molar-refractivity contribution >= 4 is 11.9 Å². The minimum absolute atomic E-state index is 0.239. The summed E-state index contributed by atoms with van der Waals surface area (Å²) < 4.78 is 10.9. The molecule has 2 rings (SSSR count). The molecule has 1 aliphatic carbocycles. The van der Waals surface area contributed by atoms with Crippen molar-refractivity contribution in [1.29, 1.82) is 0 Å². The van der Waals surface area contributed by atoms with Crippen LogP contribution in [-0.4, -0.2) is 18.5 Å². The Hall–Kier alpha value is -1.84. The third-order valence-electron chi connectivity index (χ3n) is 4.80. The van der Waals surface area contributed by atoms with Crippen molar-refractivity contribution in [2.24, 2.45) is 17.8 Å². The second-order valence-electron chi connectivity index (χ2n) is 6.73. The zero-order valence-corrected chi connectivity index (χ0v) is 14.7. The molecule has 4 heteroatoms. The minimum Gasteiger partial charge on any atom is -0.465 e. The second-order valence-corrected chi connectivity index (χ2v) is 6.73. The standard InChI is InChI=1S/C20H28O4/c1-3-15(2)13-23-19(21)17-11-7-8-12-18(17)20(22)24-14-16-9-5-4-6-10-16/h4-6,9-10,15,17-18H,3,7-8,11-14H2,1-2H3. The summed E-state index contributed by atoms with van der Waals surface area (Å²) in [5.41, 5.74) is 0.956. The lowest BCUT2D eigenvalue weighted by Crippen LogP contribution is -2.35. The maximum absolute atomic E-state index is 12.5. The Bertz CT molecular complexity index is 526. The van der Waals surface area contributed by atoms with Gasteiger partial charge in [-0.15, -0.1) is 0 Å².